The third-order valence-corrected chi connectivity index (χ3v) is 2.26. The number of halogens is 2. The Bertz CT molecular complexity index is 304. The van der Waals surface area contributed by atoms with Gasteiger partial charge in [-0.15, -0.1) is 0 Å². The maximum atomic E-state index is 13.5. The van der Waals surface area contributed by atoms with Gasteiger partial charge in [0.2, 0.25) is 0 Å². The van der Waals surface area contributed by atoms with Gasteiger partial charge in [-0.05, 0) is 28.9 Å². The van der Waals surface area contributed by atoms with Crippen molar-refractivity contribution in [1.82, 2.24) is 0 Å². The van der Waals surface area contributed by atoms with Crippen molar-refractivity contribution in [3.05, 3.63) is 28.0 Å². The molecule has 1 aromatic rings. The lowest BCUT2D eigenvalue weighted by Crippen LogP contribution is -2.03. The fourth-order valence-corrected chi connectivity index (χ4v) is 1.43. The van der Waals surface area contributed by atoms with E-state index in [0.717, 1.165) is 0 Å². The molecule has 0 fully saturated rings. The largest absolute Gasteiger partial charge is 0.490 e. The Kier molecular flexibility index (Phi) is 3.69. The molecule has 0 saturated heterocycles. The normalized spacial score (nSPS) is 10.2. The quantitative estimate of drug-likeness (QED) is 0.891. The van der Waals surface area contributed by atoms with Crippen molar-refractivity contribution in [2.45, 2.75) is 13.5 Å². The SMILES string of the molecule is CCOc1c(Br)ccc(CN)c1F. The van der Waals surface area contributed by atoms with Crippen molar-refractivity contribution >= 4 is 15.9 Å². The molecule has 72 valence electrons. The summed E-state index contributed by atoms with van der Waals surface area (Å²) in [5, 5.41) is 0. The number of benzene rings is 1. The molecule has 0 aliphatic rings. The molecule has 0 heterocycles. The molecular weight excluding hydrogens is 237 g/mol. The van der Waals surface area contributed by atoms with Gasteiger partial charge in [-0.3, -0.25) is 0 Å². The second-order valence-corrected chi connectivity index (χ2v) is 3.34. The van der Waals surface area contributed by atoms with Crippen LogP contribution in [0.25, 0.3) is 0 Å². The van der Waals surface area contributed by atoms with E-state index >= 15 is 0 Å². The Hall–Kier alpha value is -0.610. The Morgan fingerprint density at radius 1 is 1.54 bits per heavy atom. The molecule has 0 saturated carbocycles. The fraction of sp³-hybridized carbons (Fsp3) is 0.333. The summed E-state index contributed by atoms with van der Waals surface area (Å²) in [5.41, 5.74) is 5.82. The monoisotopic (exact) mass is 247 g/mol. The van der Waals surface area contributed by atoms with E-state index in [1.54, 1.807) is 19.1 Å². The van der Waals surface area contributed by atoms with E-state index < -0.39 is 0 Å². The molecule has 2 nitrogen and oxygen atoms in total. The first kappa shape index (κ1) is 10.5. The number of hydrogen-bond acceptors (Lipinski definition) is 2. The van der Waals surface area contributed by atoms with Crippen LogP contribution in [0.2, 0.25) is 0 Å². The first-order chi connectivity index (χ1) is 6.20. The standard InChI is InChI=1S/C9H11BrFNO/c1-2-13-9-7(10)4-3-6(5-12)8(9)11/h3-4H,2,5,12H2,1H3. The molecule has 0 atom stereocenters. The summed E-state index contributed by atoms with van der Waals surface area (Å²) in [6.45, 7) is 2.42. The summed E-state index contributed by atoms with van der Waals surface area (Å²) in [4.78, 5) is 0. The third-order valence-electron chi connectivity index (χ3n) is 1.64. The summed E-state index contributed by atoms with van der Waals surface area (Å²) in [5.74, 6) is -0.135. The average molecular weight is 248 g/mol. The van der Waals surface area contributed by atoms with Crippen LogP contribution in [0.15, 0.2) is 16.6 Å². The molecule has 0 radical (unpaired) electrons. The molecule has 0 amide bonds. The van der Waals surface area contributed by atoms with Gasteiger partial charge in [0.25, 0.3) is 0 Å². The van der Waals surface area contributed by atoms with Crippen LogP contribution in [0, 0.1) is 5.82 Å². The van der Waals surface area contributed by atoms with E-state index in [0.29, 0.717) is 16.6 Å². The maximum Gasteiger partial charge on any atom is 0.170 e. The highest BCUT2D eigenvalue weighted by Gasteiger charge is 2.11. The van der Waals surface area contributed by atoms with E-state index in [-0.39, 0.29) is 18.1 Å². The maximum absolute atomic E-state index is 13.5. The van der Waals surface area contributed by atoms with E-state index in [9.17, 15) is 4.39 Å². The van der Waals surface area contributed by atoms with E-state index in [2.05, 4.69) is 15.9 Å². The summed E-state index contributed by atoms with van der Waals surface area (Å²) >= 11 is 3.21. The van der Waals surface area contributed by atoms with E-state index in [4.69, 9.17) is 10.5 Å². The molecule has 1 aromatic carbocycles. The van der Waals surface area contributed by atoms with Gasteiger partial charge < -0.3 is 10.5 Å². The lowest BCUT2D eigenvalue weighted by molar-refractivity contribution is 0.318. The first-order valence-corrected chi connectivity index (χ1v) is 4.79. The van der Waals surface area contributed by atoms with Crippen molar-refractivity contribution in [1.29, 1.82) is 0 Å². The first-order valence-electron chi connectivity index (χ1n) is 4.00. The fourth-order valence-electron chi connectivity index (χ4n) is 1.01. The second kappa shape index (κ2) is 4.58. The highest BCUT2D eigenvalue weighted by Crippen LogP contribution is 2.30. The molecular formula is C9H11BrFNO. The Morgan fingerprint density at radius 2 is 2.23 bits per heavy atom. The van der Waals surface area contributed by atoms with E-state index in [1.807, 2.05) is 0 Å². The minimum Gasteiger partial charge on any atom is -0.490 e. The molecule has 0 bridgehead atoms. The summed E-state index contributed by atoms with van der Waals surface area (Å²) < 4.78 is 19.2. The van der Waals surface area contributed by atoms with Crippen LogP contribution in [-0.4, -0.2) is 6.61 Å². The third kappa shape index (κ3) is 2.19. The van der Waals surface area contributed by atoms with Crippen LogP contribution in [-0.2, 0) is 6.54 Å². The Labute approximate surface area is 85.0 Å². The molecule has 13 heavy (non-hydrogen) atoms. The van der Waals surface area contributed by atoms with Crippen LogP contribution in [0.1, 0.15) is 12.5 Å². The van der Waals surface area contributed by atoms with Gasteiger partial charge >= 0.3 is 0 Å². The summed E-state index contributed by atoms with van der Waals surface area (Å²) in [6.07, 6.45) is 0. The van der Waals surface area contributed by atoms with Gasteiger partial charge in [0.1, 0.15) is 0 Å². The van der Waals surface area contributed by atoms with Gasteiger partial charge in [-0.2, -0.15) is 0 Å². The summed E-state index contributed by atoms with van der Waals surface area (Å²) in [6, 6.07) is 3.37. The zero-order valence-corrected chi connectivity index (χ0v) is 8.90. The predicted octanol–water partition coefficient (Wildman–Crippen LogP) is 2.45. The lowest BCUT2D eigenvalue weighted by Gasteiger charge is -2.09. The second-order valence-electron chi connectivity index (χ2n) is 2.49. The van der Waals surface area contributed by atoms with Crippen LogP contribution in [0.5, 0.6) is 5.75 Å². The molecule has 4 heteroatoms. The molecule has 0 unspecified atom stereocenters. The average Bonchev–Trinajstić information content (AvgIpc) is 2.12. The minimum atomic E-state index is -0.376. The molecule has 0 aromatic heterocycles. The Balaban J connectivity index is 3.13. The highest BCUT2D eigenvalue weighted by molar-refractivity contribution is 9.10. The van der Waals surface area contributed by atoms with E-state index in [1.165, 1.54) is 0 Å². The van der Waals surface area contributed by atoms with Crippen LogP contribution in [0.3, 0.4) is 0 Å². The highest BCUT2D eigenvalue weighted by atomic mass is 79.9. The van der Waals surface area contributed by atoms with Gasteiger partial charge in [0.15, 0.2) is 11.6 Å². The topological polar surface area (TPSA) is 35.2 Å². The van der Waals surface area contributed by atoms with Gasteiger partial charge in [0, 0.05) is 12.1 Å². The molecule has 0 aliphatic heterocycles. The van der Waals surface area contributed by atoms with Gasteiger partial charge in [-0.1, -0.05) is 6.07 Å². The van der Waals surface area contributed by atoms with Gasteiger partial charge in [0.05, 0.1) is 11.1 Å². The van der Waals surface area contributed by atoms with Crippen molar-refractivity contribution in [2.24, 2.45) is 5.73 Å². The van der Waals surface area contributed by atoms with Gasteiger partial charge in [-0.25, -0.2) is 4.39 Å². The zero-order valence-electron chi connectivity index (χ0n) is 7.31. The number of hydrogen-bond donors (Lipinski definition) is 1. The molecule has 2 N–H and O–H groups in total. The molecule has 0 aliphatic carbocycles. The van der Waals surface area contributed by atoms with Crippen molar-refractivity contribution in [3.63, 3.8) is 0 Å². The van der Waals surface area contributed by atoms with Crippen molar-refractivity contribution < 1.29 is 9.13 Å². The minimum absolute atomic E-state index is 0.180. The number of rotatable bonds is 3. The number of ether oxygens (including phenoxy) is 1. The van der Waals surface area contributed by atoms with Crippen LogP contribution in [0.4, 0.5) is 4.39 Å². The number of nitrogens with two attached hydrogens (primary N) is 1. The molecule has 1 rings (SSSR count). The lowest BCUT2D eigenvalue weighted by atomic mass is 10.2. The molecule has 0 spiro atoms. The zero-order chi connectivity index (χ0) is 9.84. The van der Waals surface area contributed by atoms with Crippen molar-refractivity contribution in [3.8, 4) is 5.75 Å². The van der Waals surface area contributed by atoms with Crippen LogP contribution < -0.4 is 10.5 Å². The van der Waals surface area contributed by atoms with Crippen LogP contribution >= 0.6 is 15.9 Å². The Morgan fingerprint density at radius 3 is 2.77 bits per heavy atom. The predicted molar refractivity (Wildman–Crippen MR) is 53.2 cm³/mol. The smallest absolute Gasteiger partial charge is 0.170 e. The van der Waals surface area contributed by atoms with Crippen molar-refractivity contribution in [2.75, 3.05) is 6.61 Å². The summed E-state index contributed by atoms with van der Waals surface area (Å²) in [7, 11) is 0.